The molecule has 0 bridgehead atoms. The molecule has 0 saturated carbocycles. The number of hydrogen-bond acceptors (Lipinski definition) is 3. The Morgan fingerprint density at radius 2 is 2.19 bits per heavy atom. The van der Waals surface area contributed by atoms with E-state index in [-0.39, 0.29) is 11.5 Å². The van der Waals surface area contributed by atoms with Crippen molar-refractivity contribution in [1.82, 2.24) is 5.32 Å². The van der Waals surface area contributed by atoms with E-state index in [2.05, 4.69) is 53.5 Å². The van der Waals surface area contributed by atoms with Crippen molar-refractivity contribution in [3.63, 3.8) is 0 Å². The molecule has 92 valence electrons. The first-order valence-corrected chi connectivity index (χ1v) is 7.26. The molecule has 0 aliphatic heterocycles. The van der Waals surface area contributed by atoms with Crippen LogP contribution in [0.3, 0.4) is 0 Å². The second-order valence-electron chi connectivity index (χ2n) is 5.13. The van der Waals surface area contributed by atoms with Crippen molar-refractivity contribution in [2.24, 2.45) is 11.1 Å². The van der Waals surface area contributed by atoms with E-state index in [1.54, 1.807) is 11.3 Å². The van der Waals surface area contributed by atoms with E-state index >= 15 is 0 Å². The lowest BCUT2D eigenvalue weighted by Gasteiger charge is -2.27. The minimum absolute atomic E-state index is 0.200. The number of nitrogens with two attached hydrogens (primary N) is 1. The predicted octanol–water partition coefficient (Wildman–Crippen LogP) is 3.36. The third-order valence-electron chi connectivity index (χ3n) is 2.72. The Bertz CT molecular complexity index is 317. The Kier molecular flexibility index (Phi) is 5.44. The Hall–Kier alpha value is 0.100. The Balaban J connectivity index is 2.20. The smallest absolute Gasteiger partial charge is 0.0327 e. The highest BCUT2D eigenvalue weighted by molar-refractivity contribution is 9.10. The maximum absolute atomic E-state index is 6.09. The summed E-state index contributed by atoms with van der Waals surface area (Å²) in [6.07, 6.45) is 1.02. The Morgan fingerprint density at radius 3 is 2.69 bits per heavy atom. The van der Waals surface area contributed by atoms with Gasteiger partial charge in [-0.1, -0.05) is 20.8 Å². The average molecular weight is 305 g/mol. The number of halogens is 1. The maximum Gasteiger partial charge on any atom is 0.0327 e. The highest BCUT2D eigenvalue weighted by Gasteiger charge is 2.19. The van der Waals surface area contributed by atoms with Gasteiger partial charge in [0.1, 0.15) is 0 Å². The van der Waals surface area contributed by atoms with Crippen molar-refractivity contribution in [3.8, 4) is 0 Å². The molecule has 0 spiro atoms. The molecule has 16 heavy (non-hydrogen) atoms. The second-order valence-corrected chi connectivity index (χ2v) is 6.98. The molecule has 0 amide bonds. The van der Waals surface area contributed by atoms with Crippen LogP contribution in [0.5, 0.6) is 0 Å². The molecule has 0 aliphatic carbocycles. The molecular formula is C12H21BrN2S. The van der Waals surface area contributed by atoms with Crippen LogP contribution in [0.1, 0.15) is 32.1 Å². The summed E-state index contributed by atoms with van der Waals surface area (Å²) < 4.78 is 1.20. The van der Waals surface area contributed by atoms with Crippen molar-refractivity contribution in [2.75, 3.05) is 6.54 Å². The zero-order chi connectivity index (χ0) is 12.2. The van der Waals surface area contributed by atoms with Crippen LogP contribution in [0.2, 0.25) is 0 Å². The van der Waals surface area contributed by atoms with Gasteiger partial charge in [-0.25, -0.2) is 0 Å². The molecule has 0 aromatic carbocycles. The molecule has 3 N–H and O–H groups in total. The normalized spacial score (nSPS) is 14.1. The van der Waals surface area contributed by atoms with E-state index in [0.717, 1.165) is 19.5 Å². The summed E-state index contributed by atoms with van der Waals surface area (Å²) in [5.74, 6) is 0. The molecule has 1 aromatic heterocycles. The van der Waals surface area contributed by atoms with Gasteiger partial charge in [0.2, 0.25) is 0 Å². The van der Waals surface area contributed by atoms with Gasteiger partial charge in [-0.05, 0) is 45.8 Å². The predicted molar refractivity (Wildman–Crippen MR) is 75.8 cm³/mol. The quantitative estimate of drug-likeness (QED) is 0.819. The number of thiophene rings is 1. The van der Waals surface area contributed by atoms with E-state index in [1.807, 2.05) is 0 Å². The van der Waals surface area contributed by atoms with Gasteiger partial charge >= 0.3 is 0 Å². The van der Waals surface area contributed by atoms with Gasteiger partial charge in [-0.3, -0.25) is 0 Å². The first-order chi connectivity index (χ1) is 7.41. The third-order valence-corrected chi connectivity index (χ3v) is 4.65. The molecular weight excluding hydrogens is 284 g/mol. The summed E-state index contributed by atoms with van der Waals surface area (Å²) in [6, 6.07) is 2.34. The minimum atomic E-state index is 0.200. The molecule has 1 atom stereocenters. The molecule has 1 aromatic rings. The summed E-state index contributed by atoms with van der Waals surface area (Å²) in [7, 11) is 0. The average Bonchev–Trinajstić information content (AvgIpc) is 2.57. The zero-order valence-electron chi connectivity index (χ0n) is 10.2. The minimum Gasteiger partial charge on any atom is -0.327 e. The molecule has 4 heteroatoms. The van der Waals surface area contributed by atoms with Gasteiger partial charge in [0.25, 0.3) is 0 Å². The molecule has 1 heterocycles. The summed E-state index contributed by atoms with van der Waals surface area (Å²) >= 11 is 5.30. The highest BCUT2D eigenvalue weighted by Crippen LogP contribution is 2.22. The fourth-order valence-corrected chi connectivity index (χ4v) is 2.81. The molecule has 0 aliphatic rings. The van der Waals surface area contributed by atoms with Crippen LogP contribution in [0.25, 0.3) is 0 Å². The molecule has 0 fully saturated rings. The van der Waals surface area contributed by atoms with E-state index in [0.29, 0.717) is 0 Å². The highest BCUT2D eigenvalue weighted by atomic mass is 79.9. The monoisotopic (exact) mass is 304 g/mol. The van der Waals surface area contributed by atoms with Crippen molar-refractivity contribution in [2.45, 2.75) is 39.8 Å². The van der Waals surface area contributed by atoms with Gasteiger partial charge in [0, 0.05) is 21.9 Å². The Morgan fingerprint density at radius 1 is 1.50 bits per heavy atom. The molecule has 2 nitrogen and oxygen atoms in total. The van der Waals surface area contributed by atoms with E-state index in [4.69, 9.17) is 5.73 Å². The summed E-state index contributed by atoms with van der Waals surface area (Å²) in [4.78, 5) is 1.35. The first kappa shape index (κ1) is 14.2. The summed E-state index contributed by atoms with van der Waals surface area (Å²) in [5.41, 5.74) is 6.29. The standard InChI is InChI=1S/C12H21BrN2S/c1-12(2,3)11(14)4-6-15-8-10-9(13)5-7-16-10/h5,7,11,15H,4,6,8,14H2,1-3H3. The fourth-order valence-electron chi connectivity index (χ4n) is 1.34. The van der Waals surface area contributed by atoms with Crippen LogP contribution >= 0.6 is 27.3 Å². The van der Waals surface area contributed by atoms with E-state index < -0.39 is 0 Å². The van der Waals surface area contributed by atoms with Crippen LogP contribution in [0.15, 0.2) is 15.9 Å². The molecule has 1 unspecified atom stereocenters. The first-order valence-electron chi connectivity index (χ1n) is 5.59. The van der Waals surface area contributed by atoms with Crippen LogP contribution in [0, 0.1) is 5.41 Å². The molecule has 1 rings (SSSR count). The lowest BCUT2D eigenvalue weighted by Crippen LogP contribution is -2.37. The van der Waals surface area contributed by atoms with Gasteiger partial charge in [0.15, 0.2) is 0 Å². The van der Waals surface area contributed by atoms with Crippen LogP contribution in [-0.2, 0) is 6.54 Å². The number of nitrogens with one attached hydrogen (secondary N) is 1. The lowest BCUT2D eigenvalue weighted by atomic mass is 9.85. The molecule has 0 radical (unpaired) electrons. The summed E-state index contributed by atoms with van der Waals surface area (Å²) in [6.45, 7) is 8.46. The van der Waals surface area contributed by atoms with Crippen LogP contribution < -0.4 is 11.1 Å². The van der Waals surface area contributed by atoms with Crippen LogP contribution in [-0.4, -0.2) is 12.6 Å². The largest absolute Gasteiger partial charge is 0.327 e. The maximum atomic E-state index is 6.09. The number of rotatable bonds is 5. The van der Waals surface area contributed by atoms with Crippen molar-refractivity contribution < 1.29 is 0 Å². The zero-order valence-corrected chi connectivity index (χ0v) is 12.6. The van der Waals surface area contributed by atoms with Crippen LogP contribution in [0.4, 0.5) is 0 Å². The molecule has 0 saturated heterocycles. The topological polar surface area (TPSA) is 38.0 Å². The lowest BCUT2D eigenvalue weighted by molar-refractivity contribution is 0.302. The Labute approximate surface area is 111 Å². The van der Waals surface area contributed by atoms with E-state index in [9.17, 15) is 0 Å². The van der Waals surface area contributed by atoms with Crippen molar-refractivity contribution >= 4 is 27.3 Å². The number of hydrogen-bond donors (Lipinski definition) is 2. The van der Waals surface area contributed by atoms with E-state index in [1.165, 1.54) is 9.35 Å². The van der Waals surface area contributed by atoms with Crippen molar-refractivity contribution in [3.05, 3.63) is 20.8 Å². The fraction of sp³-hybridized carbons (Fsp3) is 0.667. The third kappa shape index (κ3) is 4.53. The SMILES string of the molecule is CC(C)(C)C(N)CCNCc1sccc1Br. The summed E-state index contributed by atoms with van der Waals surface area (Å²) in [5, 5.41) is 5.53. The van der Waals surface area contributed by atoms with Gasteiger partial charge in [0.05, 0.1) is 0 Å². The van der Waals surface area contributed by atoms with Crippen molar-refractivity contribution in [1.29, 1.82) is 0 Å². The second kappa shape index (κ2) is 6.15. The van der Waals surface area contributed by atoms with Gasteiger partial charge < -0.3 is 11.1 Å². The van der Waals surface area contributed by atoms with Gasteiger partial charge in [-0.2, -0.15) is 0 Å². The van der Waals surface area contributed by atoms with Gasteiger partial charge in [-0.15, -0.1) is 11.3 Å².